The van der Waals surface area contributed by atoms with Gasteiger partial charge in [-0.15, -0.1) is 0 Å². The number of ether oxygens (including phenoxy) is 1. The summed E-state index contributed by atoms with van der Waals surface area (Å²) in [6.45, 7) is 3.15. The molecule has 0 unspecified atom stereocenters. The van der Waals surface area contributed by atoms with E-state index in [9.17, 15) is 0 Å². The monoisotopic (exact) mass is 278 g/mol. The van der Waals surface area contributed by atoms with Crippen molar-refractivity contribution >= 4 is 0 Å². The third kappa shape index (κ3) is 17.2. The van der Waals surface area contributed by atoms with Crippen LogP contribution in [0.2, 0.25) is 0 Å². The van der Waals surface area contributed by atoms with Crippen molar-refractivity contribution < 1.29 is 4.74 Å². The highest BCUT2D eigenvalue weighted by Gasteiger charge is 1.90. The van der Waals surface area contributed by atoms with E-state index in [4.69, 9.17) is 4.74 Å². The van der Waals surface area contributed by atoms with Crippen LogP contribution in [0.1, 0.15) is 71.1 Å². The molecule has 0 saturated heterocycles. The Morgan fingerprint density at radius 1 is 0.650 bits per heavy atom. The molecule has 0 rings (SSSR count). The van der Waals surface area contributed by atoms with Gasteiger partial charge in [-0.05, 0) is 25.7 Å². The molecule has 0 amide bonds. The summed E-state index contributed by atoms with van der Waals surface area (Å²) < 4.78 is 5.04. The van der Waals surface area contributed by atoms with Gasteiger partial charge in [0, 0.05) is 13.7 Å². The summed E-state index contributed by atoms with van der Waals surface area (Å²) in [4.78, 5) is 0. The van der Waals surface area contributed by atoms with Gasteiger partial charge in [-0.2, -0.15) is 0 Å². The third-order valence-corrected chi connectivity index (χ3v) is 3.30. The lowest BCUT2D eigenvalue weighted by Crippen LogP contribution is -1.88. The smallest absolute Gasteiger partial charge is 0.0462 e. The average molecular weight is 278 g/mol. The average Bonchev–Trinajstić information content (AvgIpc) is 2.47. The highest BCUT2D eigenvalue weighted by molar-refractivity contribution is 5.10. The standard InChI is InChI=1S/C19H34O/c1-3-4-5-6-7-8-9-10-11-12-13-14-15-16-17-18-19-20-2/h6-11H,3-5,12-19H2,1-2H3. The lowest BCUT2D eigenvalue weighted by Gasteiger charge is -1.99. The minimum atomic E-state index is 0.919. The highest BCUT2D eigenvalue weighted by Crippen LogP contribution is 2.07. The molecule has 0 radical (unpaired) electrons. The van der Waals surface area contributed by atoms with Crippen LogP contribution < -0.4 is 0 Å². The SMILES string of the molecule is CCCCC=CC=CC=CCCCCCCCCOC. The molecule has 116 valence electrons. The number of hydrogen-bond acceptors (Lipinski definition) is 1. The van der Waals surface area contributed by atoms with E-state index in [2.05, 4.69) is 43.4 Å². The van der Waals surface area contributed by atoms with Gasteiger partial charge in [0.15, 0.2) is 0 Å². The van der Waals surface area contributed by atoms with Gasteiger partial charge >= 0.3 is 0 Å². The fourth-order valence-corrected chi connectivity index (χ4v) is 2.02. The highest BCUT2D eigenvalue weighted by atomic mass is 16.5. The molecule has 0 aliphatic rings. The van der Waals surface area contributed by atoms with Gasteiger partial charge in [-0.25, -0.2) is 0 Å². The summed E-state index contributed by atoms with van der Waals surface area (Å²) in [5, 5.41) is 0. The summed E-state index contributed by atoms with van der Waals surface area (Å²) in [5.41, 5.74) is 0. The van der Waals surface area contributed by atoms with Gasteiger partial charge in [0.2, 0.25) is 0 Å². The largest absolute Gasteiger partial charge is 0.385 e. The predicted molar refractivity (Wildman–Crippen MR) is 91.1 cm³/mol. The number of allylic oxidation sites excluding steroid dienone is 6. The molecule has 0 bridgehead atoms. The Hall–Kier alpha value is -0.820. The van der Waals surface area contributed by atoms with Crippen LogP contribution in [0, 0.1) is 0 Å². The molecule has 0 saturated carbocycles. The quantitative estimate of drug-likeness (QED) is 0.270. The molecule has 0 atom stereocenters. The van der Waals surface area contributed by atoms with E-state index in [-0.39, 0.29) is 0 Å². The summed E-state index contributed by atoms with van der Waals surface area (Å²) >= 11 is 0. The topological polar surface area (TPSA) is 9.23 Å². The molecule has 0 aromatic carbocycles. The summed E-state index contributed by atoms with van der Waals surface area (Å²) in [6, 6.07) is 0. The lowest BCUT2D eigenvalue weighted by atomic mass is 10.1. The minimum absolute atomic E-state index is 0.919. The van der Waals surface area contributed by atoms with Gasteiger partial charge in [-0.3, -0.25) is 0 Å². The van der Waals surface area contributed by atoms with Crippen molar-refractivity contribution in [3.05, 3.63) is 36.5 Å². The van der Waals surface area contributed by atoms with Crippen molar-refractivity contribution in [2.45, 2.75) is 71.1 Å². The molecule has 0 aliphatic heterocycles. The van der Waals surface area contributed by atoms with Gasteiger partial charge in [0.1, 0.15) is 0 Å². The third-order valence-electron chi connectivity index (χ3n) is 3.30. The van der Waals surface area contributed by atoms with Crippen LogP contribution in [0.3, 0.4) is 0 Å². The Labute approximate surface area is 126 Å². The molecule has 0 fully saturated rings. The summed E-state index contributed by atoms with van der Waals surface area (Å²) in [7, 11) is 1.78. The normalized spacial score (nSPS) is 12.3. The zero-order valence-electron chi connectivity index (χ0n) is 13.7. The Balaban J connectivity index is 3.23. The maximum absolute atomic E-state index is 5.04. The van der Waals surface area contributed by atoms with Crippen LogP contribution in [-0.2, 0) is 4.74 Å². The van der Waals surface area contributed by atoms with E-state index in [0.717, 1.165) is 6.61 Å². The van der Waals surface area contributed by atoms with E-state index in [0.29, 0.717) is 0 Å². The first kappa shape index (κ1) is 19.2. The van der Waals surface area contributed by atoms with Crippen molar-refractivity contribution in [2.24, 2.45) is 0 Å². The van der Waals surface area contributed by atoms with Crippen LogP contribution in [-0.4, -0.2) is 13.7 Å². The Kier molecular flexibility index (Phi) is 17.4. The molecule has 0 aliphatic carbocycles. The zero-order chi connectivity index (χ0) is 14.7. The summed E-state index contributed by atoms with van der Waals surface area (Å²) in [6.07, 6.45) is 26.0. The molecule has 0 heterocycles. The maximum atomic E-state index is 5.04. The molecule has 0 aromatic heterocycles. The zero-order valence-corrected chi connectivity index (χ0v) is 13.7. The first-order valence-corrected chi connectivity index (χ1v) is 8.39. The van der Waals surface area contributed by atoms with Gasteiger partial charge in [-0.1, -0.05) is 81.9 Å². The van der Waals surface area contributed by atoms with Crippen LogP contribution in [0.4, 0.5) is 0 Å². The second-order valence-electron chi connectivity index (χ2n) is 5.29. The van der Waals surface area contributed by atoms with Crippen molar-refractivity contribution in [1.82, 2.24) is 0 Å². The van der Waals surface area contributed by atoms with Crippen molar-refractivity contribution in [3.63, 3.8) is 0 Å². The van der Waals surface area contributed by atoms with Crippen LogP contribution in [0.25, 0.3) is 0 Å². The molecule has 0 N–H and O–H groups in total. The van der Waals surface area contributed by atoms with Gasteiger partial charge in [0.05, 0.1) is 0 Å². The predicted octanol–water partition coefficient (Wildman–Crippen LogP) is 6.22. The Morgan fingerprint density at radius 3 is 1.80 bits per heavy atom. The number of unbranched alkanes of at least 4 members (excludes halogenated alkanes) is 8. The first-order valence-electron chi connectivity index (χ1n) is 8.39. The first-order chi connectivity index (χ1) is 9.91. The molecule has 1 heteroatoms. The molecule has 20 heavy (non-hydrogen) atoms. The van der Waals surface area contributed by atoms with Crippen LogP contribution in [0.5, 0.6) is 0 Å². The van der Waals surface area contributed by atoms with E-state index in [1.54, 1.807) is 7.11 Å². The second-order valence-corrected chi connectivity index (χ2v) is 5.29. The fourth-order valence-electron chi connectivity index (χ4n) is 2.02. The summed E-state index contributed by atoms with van der Waals surface area (Å²) in [5.74, 6) is 0. The number of hydrogen-bond donors (Lipinski definition) is 0. The van der Waals surface area contributed by atoms with E-state index in [1.165, 1.54) is 64.2 Å². The van der Waals surface area contributed by atoms with E-state index >= 15 is 0 Å². The fraction of sp³-hybridized carbons (Fsp3) is 0.684. The number of rotatable bonds is 14. The molecular formula is C19H34O. The van der Waals surface area contributed by atoms with E-state index in [1.807, 2.05) is 0 Å². The maximum Gasteiger partial charge on any atom is 0.0462 e. The second kappa shape index (κ2) is 18.2. The van der Waals surface area contributed by atoms with Crippen LogP contribution in [0.15, 0.2) is 36.5 Å². The number of methoxy groups -OCH3 is 1. The molecule has 1 nitrogen and oxygen atoms in total. The van der Waals surface area contributed by atoms with Gasteiger partial charge < -0.3 is 4.74 Å². The Morgan fingerprint density at radius 2 is 1.20 bits per heavy atom. The van der Waals surface area contributed by atoms with Crippen LogP contribution >= 0.6 is 0 Å². The molecule has 0 aromatic rings. The molecular weight excluding hydrogens is 244 g/mol. The van der Waals surface area contributed by atoms with Crippen molar-refractivity contribution in [3.8, 4) is 0 Å². The molecule has 0 spiro atoms. The van der Waals surface area contributed by atoms with E-state index < -0.39 is 0 Å². The lowest BCUT2D eigenvalue weighted by molar-refractivity contribution is 0.192. The van der Waals surface area contributed by atoms with Crippen molar-refractivity contribution in [2.75, 3.05) is 13.7 Å². The minimum Gasteiger partial charge on any atom is -0.385 e. The Bertz CT molecular complexity index is 250. The van der Waals surface area contributed by atoms with Gasteiger partial charge in [0.25, 0.3) is 0 Å². The van der Waals surface area contributed by atoms with Crippen molar-refractivity contribution in [1.29, 1.82) is 0 Å².